The van der Waals surface area contributed by atoms with E-state index >= 15 is 0 Å². The zero-order valence-corrected chi connectivity index (χ0v) is 23.1. The van der Waals surface area contributed by atoms with Gasteiger partial charge in [0.15, 0.2) is 5.82 Å². The molecule has 2 aliphatic rings. The van der Waals surface area contributed by atoms with Gasteiger partial charge in [0.1, 0.15) is 17.1 Å². The number of ether oxygens (including phenoxy) is 1. The van der Waals surface area contributed by atoms with E-state index in [9.17, 15) is 14.0 Å². The number of hydrogen-bond acceptors (Lipinski definition) is 5. The van der Waals surface area contributed by atoms with Crippen LogP contribution in [0.1, 0.15) is 67.4 Å². The number of carbonyl (C=O) groups is 2. The minimum Gasteiger partial charge on any atom is -0.444 e. The van der Waals surface area contributed by atoms with Crippen LogP contribution in [-0.2, 0) is 4.74 Å². The summed E-state index contributed by atoms with van der Waals surface area (Å²) in [6.07, 6.45) is 9.80. The minimum absolute atomic E-state index is 0.0386. The highest BCUT2D eigenvalue weighted by molar-refractivity contribution is 5.96. The third kappa shape index (κ3) is 5.17. The average Bonchev–Trinajstić information content (AvgIpc) is 3.27. The first-order valence-electron chi connectivity index (χ1n) is 13.7. The SMILES string of the molecule is Cc1cc(F)c(C(=O)NC2CC2)cc1-c1cnn(-c2cnc3ccc(C4CCN(C(=O)OC(C)(C)C)C4)cn23)c1. The molecule has 1 aliphatic carbocycles. The Bertz CT molecular complexity index is 1610. The Hall–Kier alpha value is -4.21. The first-order chi connectivity index (χ1) is 19.1. The van der Waals surface area contributed by atoms with Gasteiger partial charge in [0.25, 0.3) is 5.91 Å². The van der Waals surface area contributed by atoms with E-state index in [2.05, 4.69) is 21.5 Å². The Labute approximate surface area is 231 Å². The summed E-state index contributed by atoms with van der Waals surface area (Å²) in [7, 11) is 0. The van der Waals surface area contributed by atoms with E-state index in [1.807, 2.05) is 50.6 Å². The quantitative estimate of drug-likeness (QED) is 0.370. The predicted molar refractivity (Wildman–Crippen MR) is 148 cm³/mol. The van der Waals surface area contributed by atoms with E-state index in [1.165, 1.54) is 6.07 Å². The Morgan fingerprint density at radius 3 is 2.65 bits per heavy atom. The molecule has 1 N–H and O–H groups in total. The largest absolute Gasteiger partial charge is 0.444 e. The molecule has 1 atom stereocenters. The Kier molecular flexibility index (Phi) is 6.35. The van der Waals surface area contributed by atoms with Crippen LogP contribution in [0.5, 0.6) is 0 Å². The molecule has 1 aromatic carbocycles. The lowest BCUT2D eigenvalue weighted by Crippen LogP contribution is -2.35. The number of amides is 2. The van der Waals surface area contributed by atoms with E-state index in [0.29, 0.717) is 13.1 Å². The van der Waals surface area contributed by atoms with Gasteiger partial charge in [0, 0.05) is 43.0 Å². The van der Waals surface area contributed by atoms with Gasteiger partial charge in [-0.3, -0.25) is 9.20 Å². The molecule has 1 saturated carbocycles. The molecule has 0 spiro atoms. The molecule has 10 heteroatoms. The molecule has 4 heterocycles. The van der Waals surface area contributed by atoms with Crippen LogP contribution in [-0.4, -0.2) is 60.8 Å². The second kappa shape index (κ2) is 9.76. The lowest BCUT2D eigenvalue weighted by atomic mass is 9.99. The standard InChI is InChI=1S/C30H33FN6O3/c1-18-11-25(31)24(28(38)34-22-6-7-22)12-23(18)21-13-33-37(17-21)27-14-32-26-8-5-19(16-36(26)27)20-9-10-35(15-20)29(39)40-30(2,3)4/h5,8,11-14,16-17,20,22H,6-7,9-10,15H2,1-4H3,(H,34,38). The smallest absolute Gasteiger partial charge is 0.410 e. The molecule has 9 nitrogen and oxygen atoms in total. The summed E-state index contributed by atoms with van der Waals surface area (Å²) in [5.74, 6) is 0.0114. The zero-order valence-electron chi connectivity index (χ0n) is 23.1. The number of imidazole rings is 1. The molecule has 40 heavy (non-hydrogen) atoms. The summed E-state index contributed by atoms with van der Waals surface area (Å²) in [6.45, 7) is 8.67. The van der Waals surface area contributed by atoms with Crippen molar-refractivity contribution in [3.8, 4) is 16.9 Å². The third-order valence-electron chi connectivity index (χ3n) is 7.42. The van der Waals surface area contributed by atoms with Crippen molar-refractivity contribution in [2.45, 2.75) is 64.5 Å². The second-order valence-corrected chi connectivity index (χ2v) is 11.8. The fraction of sp³-hybridized carbons (Fsp3) is 0.400. The molecular weight excluding hydrogens is 511 g/mol. The van der Waals surface area contributed by atoms with Gasteiger partial charge in [-0.2, -0.15) is 5.10 Å². The van der Waals surface area contributed by atoms with Gasteiger partial charge >= 0.3 is 6.09 Å². The van der Waals surface area contributed by atoms with Crippen LogP contribution < -0.4 is 5.32 Å². The zero-order chi connectivity index (χ0) is 28.2. The molecule has 0 bridgehead atoms. The van der Waals surface area contributed by atoms with Crippen LogP contribution >= 0.6 is 0 Å². The summed E-state index contributed by atoms with van der Waals surface area (Å²) in [5, 5.41) is 7.43. The number of aromatic nitrogens is 4. The molecule has 4 aromatic rings. The van der Waals surface area contributed by atoms with Crippen molar-refractivity contribution < 1.29 is 18.7 Å². The van der Waals surface area contributed by atoms with Crippen molar-refractivity contribution in [3.63, 3.8) is 0 Å². The molecular formula is C30H33FN6O3. The number of pyridine rings is 1. The first kappa shape index (κ1) is 26.0. The van der Waals surface area contributed by atoms with Crippen molar-refractivity contribution in [3.05, 3.63) is 71.6 Å². The number of aryl methyl sites for hydroxylation is 1. The molecule has 1 unspecified atom stereocenters. The van der Waals surface area contributed by atoms with Crippen LogP contribution in [0.25, 0.3) is 22.6 Å². The molecule has 1 aliphatic heterocycles. The van der Waals surface area contributed by atoms with E-state index < -0.39 is 11.4 Å². The summed E-state index contributed by atoms with van der Waals surface area (Å²) in [4.78, 5) is 31.5. The maximum Gasteiger partial charge on any atom is 0.410 e. The van der Waals surface area contributed by atoms with Crippen molar-refractivity contribution in [1.82, 2.24) is 29.4 Å². The lowest BCUT2D eigenvalue weighted by molar-refractivity contribution is 0.0292. The molecule has 2 amide bonds. The number of nitrogens with zero attached hydrogens (tertiary/aromatic N) is 5. The van der Waals surface area contributed by atoms with Crippen molar-refractivity contribution >= 4 is 17.6 Å². The lowest BCUT2D eigenvalue weighted by Gasteiger charge is -2.24. The van der Waals surface area contributed by atoms with E-state index in [0.717, 1.165) is 53.0 Å². The van der Waals surface area contributed by atoms with E-state index in [1.54, 1.807) is 28.0 Å². The van der Waals surface area contributed by atoms with Crippen molar-refractivity contribution in [2.24, 2.45) is 0 Å². The van der Waals surface area contributed by atoms with Gasteiger partial charge in [-0.05, 0) is 81.8 Å². The van der Waals surface area contributed by atoms with Crippen LogP contribution in [0.4, 0.5) is 9.18 Å². The molecule has 3 aromatic heterocycles. The van der Waals surface area contributed by atoms with E-state index in [4.69, 9.17) is 4.74 Å². The molecule has 1 saturated heterocycles. The fourth-order valence-electron chi connectivity index (χ4n) is 5.16. The van der Waals surface area contributed by atoms with Gasteiger partial charge in [-0.1, -0.05) is 6.07 Å². The van der Waals surface area contributed by atoms with Gasteiger partial charge in [-0.15, -0.1) is 0 Å². The maximum atomic E-state index is 14.7. The van der Waals surface area contributed by atoms with Gasteiger partial charge in [0.05, 0.1) is 18.0 Å². The average molecular weight is 545 g/mol. The van der Waals surface area contributed by atoms with Gasteiger partial charge in [0.2, 0.25) is 0 Å². The van der Waals surface area contributed by atoms with Crippen LogP contribution in [0, 0.1) is 12.7 Å². The third-order valence-corrected chi connectivity index (χ3v) is 7.42. The van der Waals surface area contributed by atoms with Crippen molar-refractivity contribution in [1.29, 1.82) is 0 Å². The number of carbonyl (C=O) groups excluding carboxylic acids is 2. The van der Waals surface area contributed by atoms with E-state index in [-0.39, 0.29) is 29.5 Å². The van der Waals surface area contributed by atoms with Crippen molar-refractivity contribution in [2.75, 3.05) is 13.1 Å². The Morgan fingerprint density at radius 2 is 1.90 bits per heavy atom. The number of rotatable bonds is 5. The summed E-state index contributed by atoms with van der Waals surface area (Å²) in [5.41, 5.74) is 3.62. The van der Waals surface area contributed by atoms with Gasteiger partial charge < -0.3 is 15.0 Å². The monoisotopic (exact) mass is 544 g/mol. The summed E-state index contributed by atoms with van der Waals surface area (Å²) < 4.78 is 23.9. The maximum absolute atomic E-state index is 14.7. The van der Waals surface area contributed by atoms with Crippen LogP contribution in [0.2, 0.25) is 0 Å². The number of benzene rings is 1. The normalized spacial score (nSPS) is 17.4. The highest BCUT2D eigenvalue weighted by Crippen LogP contribution is 2.31. The molecule has 2 fully saturated rings. The summed E-state index contributed by atoms with van der Waals surface area (Å²) in [6, 6.07) is 7.17. The molecule has 6 rings (SSSR count). The Morgan fingerprint density at radius 1 is 1.10 bits per heavy atom. The first-order valence-corrected chi connectivity index (χ1v) is 13.7. The van der Waals surface area contributed by atoms with Crippen LogP contribution in [0.15, 0.2) is 49.1 Å². The summed E-state index contributed by atoms with van der Waals surface area (Å²) >= 11 is 0. The number of nitrogens with one attached hydrogen (secondary N) is 1. The highest BCUT2D eigenvalue weighted by Gasteiger charge is 2.31. The number of hydrogen-bond donors (Lipinski definition) is 1. The van der Waals surface area contributed by atoms with Gasteiger partial charge in [-0.25, -0.2) is 18.9 Å². The van der Waals surface area contributed by atoms with Crippen LogP contribution in [0.3, 0.4) is 0 Å². The highest BCUT2D eigenvalue weighted by atomic mass is 19.1. The predicted octanol–water partition coefficient (Wildman–Crippen LogP) is 5.25. The molecule has 208 valence electrons. The topological polar surface area (TPSA) is 93.8 Å². The minimum atomic E-state index is -0.529. The molecule has 0 radical (unpaired) electrons. The Balaban J connectivity index is 1.26. The number of fused-ring (bicyclic) bond motifs is 1. The number of likely N-dealkylation sites (tertiary alicyclic amines) is 1. The second-order valence-electron chi connectivity index (χ2n) is 11.8. The fourth-order valence-corrected chi connectivity index (χ4v) is 5.16. The number of halogens is 1.